The minimum absolute atomic E-state index is 0.0591. The van der Waals surface area contributed by atoms with Crippen LogP contribution in [0.25, 0.3) is 0 Å². The van der Waals surface area contributed by atoms with Crippen LogP contribution in [0.15, 0.2) is 41.0 Å². The highest BCUT2D eigenvalue weighted by Crippen LogP contribution is 2.47. The van der Waals surface area contributed by atoms with E-state index < -0.39 is 6.10 Å². The van der Waals surface area contributed by atoms with Crippen molar-refractivity contribution in [3.63, 3.8) is 0 Å². The molecule has 24 heavy (non-hydrogen) atoms. The molecule has 5 nitrogen and oxygen atoms in total. The lowest BCUT2D eigenvalue weighted by Gasteiger charge is -2.20. The molecule has 0 fully saturated rings. The largest absolute Gasteiger partial charge is 0.467 e. The number of amides is 2. The Labute approximate surface area is 141 Å². The second-order valence-corrected chi connectivity index (χ2v) is 6.68. The van der Waals surface area contributed by atoms with Crippen LogP contribution in [0, 0.1) is 0 Å². The van der Waals surface area contributed by atoms with Crippen LogP contribution in [0.3, 0.4) is 0 Å². The lowest BCUT2D eigenvalue weighted by atomic mass is 9.84. The molecule has 3 atom stereocenters. The van der Waals surface area contributed by atoms with Crippen molar-refractivity contribution in [2.75, 3.05) is 6.54 Å². The zero-order chi connectivity index (χ0) is 16.5. The maximum absolute atomic E-state index is 12.2. The van der Waals surface area contributed by atoms with Crippen LogP contribution < -0.4 is 10.6 Å². The van der Waals surface area contributed by atoms with Crippen LogP contribution in [-0.4, -0.2) is 17.7 Å². The fourth-order valence-corrected chi connectivity index (χ4v) is 4.10. The molecule has 0 spiro atoms. The van der Waals surface area contributed by atoms with Gasteiger partial charge in [-0.05, 0) is 60.4 Å². The summed E-state index contributed by atoms with van der Waals surface area (Å²) in [5, 5.41) is 15.8. The van der Waals surface area contributed by atoms with E-state index >= 15 is 0 Å². The summed E-state index contributed by atoms with van der Waals surface area (Å²) < 4.78 is 5.13. The van der Waals surface area contributed by atoms with Gasteiger partial charge in [0.25, 0.3) is 0 Å². The predicted octanol–water partition coefficient (Wildman–Crippen LogP) is 3.18. The van der Waals surface area contributed by atoms with Crippen LogP contribution in [-0.2, 0) is 6.42 Å². The van der Waals surface area contributed by atoms with Crippen LogP contribution in [0.4, 0.5) is 4.79 Å². The molecule has 2 aliphatic carbocycles. The summed E-state index contributed by atoms with van der Waals surface area (Å²) in [5.41, 5.74) is 4.17. The maximum Gasteiger partial charge on any atom is 0.315 e. The number of aryl methyl sites for hydroxylation is 1. The van der Waals surface area contributed by atoms with Gasteiger partial charge in [-0.3, -0.25) is 0 Å². The molecule has 2 aromatic rings. The van der Waals surface area contributed by atoms with Gasteiger partial charge in [-0.2, -0.15) is 0 Å². The van der Waals surface area contributed by atoms with E-state index in [1.54, 1.807) is 12.1 Å². The maximum atomic E-state index is 12.2. The van der Waals surface area contributed by atoms with Gasteiger partial charge >= 0.3 is 6.03 Å². The van der Waals surface area contributed by atoms with Gasteiger partial charge in [-0.15, -0.1) is 0 Å². The minimum atomic E-state index is -0.831. The van der Waals surface area contributed by atoms with Crippen molar-refractivity contribution in [1.82, 2.24) is 10.6 Å². The number of aliphatic hydroxyl groups excluding tert-OH is 1. The standard InChI is InChI=1S/C19H22N2O3/c22-16(17-8-3-9-24-17)11-20-19(23)21-15-10-13-6-1-4-12-5-2-7-14(15)18(12)13/h2-3,5,7-9,13,15-16,22H,1,4,6,10-11H2,(H2,20,21,23). The van der Waals surface area contributed by atoms with E-state index in [1.807, 2.05) is 0 Å². The van der Waals surface area contributed by atoms with Crippen molar-refractivity contribution in [2.45, 2.75) is 43.7 Å². The van der Waals surface area contributed by atoms with Crippen LogP contribution in [0.5, 0.6) is 0 Å². The van der Waals surface area contributed by atoms with Gasteiger partial charge in [0.05, 0.1) is 18.8 Å². The molecule has 1 aromatic carbocycles. The Bertz CT molecular complexity index is 726. The highest BCUT2D eigenvalue weighted by Gasteiger charge is 2.35. The van der Waals surface area contributed by atoms with Crippen molar-refractivity contribution in [3.05, 3.63) is 59.0 Å². The lowest BCUT2D eigenvalue weighted by Crippen LogP contribution is -2.39. The second kappa shape index (κ2) is 6.32. The summed E-state index contributed by atoms with van der Waals surface area (Å²) in [6.07, 6.45) is 5.24. The molecule has 126 valence electrons. The van der Waals surface area contributed by atoms with E-state index in [4.69, 9.17) is 4.42 Å². The quantitative estimate of drug-likeness (QED) is 0.808. The molecule has 1 heterocycles. The topological polar surface area (TPSA) is 74.5 Å². The van der Waals surface area contributed by atoms with Gasteiger partial charge in [0.15, 0.2) is 0 Å². The lowest BCUT2D eigenvalue weighted by molar-refractivity contribution is 0.147. The summed E-state index contributed by atoms with van der Waals surface area (Å²) in [7, 11) is 0. The number of carbonyl (C=O) groups excluding carboxylic acids is 1. The van der Waals surface area contributed by atoms with Gasteiger partial charge in [0.2, 0.25) is 0 Å². The number of furan rings is 1. The first-order chi connectivity index (χ1) is 11.7. The highest BCUT2D eigenvalue weighted by molar-refractivity contribution is 5.74. The molecule has 0 aliphatic heterocycles. The van der Waals surface area contributed by atoms with E-state index in [2.05, 4.69) is 28.8 Å². The van der Waals surface area contributed by atoms with E-state index in [0.717, 1.165) is 12.8 Å². The molecule has 2 aliphatic rings. The van der Waals surface area contributed by atoms with Crippen molar-refractivity contribution < 1.29 is 14.3 Å². The molecule has 1 aromatic heterocycles. The molecule has 3 unspecified atom stereocenters. The third-order valence-corrected chi connectivity index (χ3v) is 5.17. The number of carbonyl (C=O) groups is 1. The second-order valence-electron chi connectivity index (χ2n) is 6.68. The number of aliphatic hydroxyl groups is 1. The molecule has 4 rings (SSSR count). The van der Waals surface area contributed by atoms with Crippen LogP contribution in [0.1, 0.15) is 59.8 Å². The molecule has 0 bridgehead atoms. The van der Waals surface area contributed by atoms with E-state index in [-0.39, 0.29) is 18.6 Å². The summed E-state index contributed by atoms with van der Waals surface area (Å²) in [6.45, 7) is 0.127. The highest BCUT2D eigenvalue weighted by atomic mass is 16.4. The Kier molecular flexibility index (Phi) is 4.02. The first-order valence-electron chi connectivity index (χ1n) is 8.60. The monoisotopic (exact) mass is 326 g/mol. The zero-order valence-electron chi connectivity index (χ0n) is 13.5. The minimum Gasteiger partial charge on any atom is -0.467 e. The summed E-state index contributed by atoms with van der Waals surface area (Å²) in [4.78, 5) is 12.2. The third-order valence-electron chi connectivity index (χ3n) is 5.17. The SMILES string of the molecule is O=C(NCC(O)c1ccco1)NC1CC2CCCc3cccc1c32. The van der Waals surface area contributed by atoms with Crippen LogP contribution >= 0.6 is 0 Å². The number of nitrogens with one attached hydrogen (secondary N) is 2. The summed E-state index contributed by atoms with van der Waals surface area (Å²) in [5.74, 6) is 1.03. The number of benzene rings is 1. The number of hydrogen-bond acceptors (Lipinski definition) is 3. The van der Waals surface area contributed by atoms with E-state index in [9.17, 15) is 9.90 Å². The van der Waals surface area contributed by atoms with E-state index in [1.165, 1.54) is 35.8 Å². The first kappa shape index (κ1) is 15.3. The van der Waals surface area contributed by atoms with Crippen molar-refractivity contribution in [1.29, 1.82) is 0 Å². The molecule has 0 saturated carbocycles. The predicted molar refractivity (Wildman–Crippen MR) is 89.7 cm³/mol. The van der Waals surface area contributed by atoms with E-state index in [0.29, 0.717) is 11.7 Å². The Balaban J connectivity index is 1.38. The Hall–Kier alpha value is -2.27. The number of urea groups is 1. The molecule has 3 N–H and O–H groups in total. The Morgan fingerprint density at radius 1 is 1.33 bits per heavy atom. The van der Waals surface area contributed by atoms with Gasteiger partial charge in [0.1, 0.15) is 11.9 Å². The Morgan fingerprint density at radius 2 is 2.25 bits per heavy atom. The van der Waals surface area contributed by atoms with Gasteiger partial charge < -0.3 is 20.2 Å². The molecular weight excluding hydrogens is 304 g/mol. The smallest absolute Gasteiger partial charge is 0.315 e. The molecule has 0 saturated heterocycles. The normalized spacial score (nSPS) is 22.7. The van der Waals surface area contributed by atoms with Crippen LogP contribution in [0.2, 0.25) is 0 Å². The van der Waals surface area contributed by atoms with Crippen molar-refractivity contribution in [3.8, 4) is 0 Å². The Morgan fingerprint density at radius 3 is 3.08 bits per heavy atom. The fourth-order valence-electron chi connectivity index (χ4n) is 4.10. The average Bonchev–Trinajstić information content (AvgIpc) is 3.24. The zero-order valence-corrected chi connectivity index (χ0v) is 13.5. The molecular formula is C19H22N2O3. The average molecular weight is 326 g/mol. The van der Waals surface area contributed by atoms with Crippen molar-refractivity contribution >= 4 is 6.03 Å². The molecule has 5 heteroatoms. The molecule has 0 radical (unpaired) electrons. The third kappa shape index (κ3) is 2.80. The summed E-state index contributed by atoms with van der Waals surface area (Å²) >= 11 is 0. The fraction of sp³-hybridized carbons (Fsp3) is 0.421. The van der Waals surface area contributed by atoms with Gasteiger partial charge in [-0.25, -0.2) is 4.79 Å². The first-order valence-corrected chi connectivity index (χ1v) is 8.60. The van der Waals surface area contributed by atoms with Gasteiger partial charge in [-0.1, -0.05) is 18.2 Å². The van der Waals surface area contributed by atoms with Crippen molar-refractivity contribution in [2.24, 2.45) is 0 Å². The van der Waals surface area contributed by atoms with Gasteiger partial charge in [0, 0.05) is 0 Å². The summed E-state index contributed by atoms with van der Waals surface area (Å²) in [6, 6.07) is 9.66. The number of rotatable bonds is 4. The molecule has 2 amide bonds. The number of hydrogen-bond donors (Lipinski definition) is 3.